The summed E-state index contributed by atoms with van der Waals surface area (Å²) in [5.41, 5.74) is 3.09. The molecule has 0 unspecified atom stereocenters. The second kappa shape index (κ2) is 9.39. The van der Waals surface area contributed by atoms with Crippen LogP contribution in [0, 0.1) is 0 Å². The summed E-state index contributed by atoms with van der Waals surface area (Å²) in [5, 5.41) is 0.843. The predicted molar refractivity (Wildman–Crippen MR) is 113 cm³/mol. The summed E-state index contributed by atoms with van der Waals surface area (Å²) in [5.74, 6) is 0.415. The predicted octanol–water partition coefficient (Wildman–Crippen LogP) is 4.20. The topological polar surface area (TPSA) is 47.4 Å². The fraction of sp³-hybridized carbons (Fsp3) is 0.300. The average molecular weight is 448 g/mol. The van der Waals surface area contributed by atoms with Gasteiger partial charge in [-0.15, -0.1) is 0 Å². The molecule has 7 heteroatoms. The minimum atomic E-state index is 0.0705. The van der Waals surface area contributed by atoms with Crippen molar-refractivity contribution in [1.29, 1.82) is 0 Å². The van der Waals surface area contributed by atoms with Crippen molar-refractivity contribution in [2.45, 2.75) is 18.2 Å². The van der Waals surface area contributed by atoms with Gasteiger partial charge in [0, 0.05) is 31.7 Å². The maximum atomic E-state index is 12.6. The number of aromatic nitrogens is 2. The first-order valence-corrected chi connectivity index (χ1v) is 10.4. The molecule has 0 fully saturated rings. The lowest BCUT2D eigenvalue weighted by molar-refractivity contribution is -0.127. The third kappa shape index (κ3) is 4.91. The number of halogens is 1. The molecule has 0 atom stereocenters. The van der Waals surface area contributed by atoms with Gasteiger partial charge in [0.1, 0.15) is 0 Å². The third-order valence-electron chi connectivity index (χ3n) is 4.25. The van der Waals surface area contributed by atoms with E-state index in [0.29, 0.717) is 25.4 Å². The van der Waals surface area contributed by atoms with Gasteiger partial charge in [0.2, 0.25) is 5.91 Å². The fourth-order valence-electron chi connectivity index (χ4n) is 2.77. The fourth-order valence-corrected chi connectivity index (χ4v) is 4.16. The Kier molecular flexibility index (Phi) is 6.93. The Morgan fingerprint density at radius 3 is 2.74 bits per heavy atom. The number of rotatable bonds is 8. The van der Waals surface area contributed by atoms with Crippen molar-refractivity contribution in [1.82, 2.24) is 14.5 Å². The van der Waals surface area contributed by atoms with Gasteiger partial charge in [0.25, 0.3) is 0 Å². The Bertz CT molecular complexity index is 928. The van der Waals surface area contributed by atoms with Gasteiger partial charge in [-0.2, -0.15) is 0 Å². The summed E-state index contributed by atoms with van der Waals surface area (Å²) in [6.45, 7) is 1.88. The number of carbonyl (C=O) groups is 1. The van der Waals surface area contributed by atoms with Crippen LogP contribution >= 0.6 is 27.7 Å². The number of fused-ring (bicyclic) bond motifs is 1. The van der Waals surface area contributed by atoms with E-state index in [-0.39, 0.29) is 5.91 Å². The molecule has 1 amide bonds. The Labute approximate surface area is 171 Å². The van der Waals surface area contributed by atoms with Crippen molar-refractivity contribution in [3.63, 3.8) is 0 Å². The van der Waals surface area contributed by atoms with E-state index in [1.54, 1.807) is 12.0 Å². The van der Waals surface area contributed by atoms with Crippen LogP contribution in [0.1, 0.15) is 5.56 Å². The van der Waals surface area contributed by atoms with E-state index in [4.69, 9.17) is 4.74 Å². The van der Waals surface area contributed by atoms with Crippen LogP contribution in [0.25, 0.3) is 11.0 Å². The SMILES string of the molecule is COCCn1c(SCC(=O)N(C)Cc2ccccc2Br)nc2ccccc21. The first-order chi connectivity index (χ1) is 13.1. The number of hydrogen-bond donors (Lipinski definition) is 0. The molecule has 0 saturated heterocycles. The van der Waals surface area contributed by atoms with Gasteiger partial charge in [-0.25, -0.2) is 4.98 Å². The normalized spacial score (nSPS) is 11.1. The van der Waals surface area contributed by atoms with Gasteiger partial charge >= 0.3 is 0 Å². The summed E-state index contributed by atoms with van der Waals surface area (Å²) in [6.07, 6.45) is 0. The van der Waals surface area contributed by atoms with Gasteiger partial charge in [0.15, 0.2) is 5.16 Å². The molecular weight excluding hydrogens is 426 g/mol. The number of para-hydroxylation sites is 2. The van der Waals surface area contributed by atoms with E-state index < -0.39 is 0 Å². The molecule has 0 aliphatic heterocycles. The van der Waals surface area contributed by atoms with E-state index in [1.807, 2.05) is 55.6 Å². The van der Waals surface area contributed by atoms with Crippen LogP contribution < -0.4 is 0 Å². The molecule has 0 radical (unpaired) electrons. The summed E-state index contributed by atoms with van der Waals surface area (Å²) in [4.78, 5) is 19.0. The number of amides is 1. The van der Waals surface area contributed by atoms with Crippen LogP contribution in [0.5, 0.6) is 0 Å². The van der Waals surface area contributed by atoms with Crippen LogP contribution in [-0.2, 0) is 22.6 Å². The highest BCUT2D eigenvalue weighted by Gasteiger charge is 2.15. The number of thioether (sulfide) groups is 1. The molecule has 3 rings (SSSR count). The molecule has 142 valence electrons. The molecule has 2 aromatic carbocycles. The largest absolute Gasteiger partial charge is 0.383 e. The second-order valence-corrected chi connectivity index (χ2v) is 7.95. The number of hydrogen-bond acceptors (Lipinski definition) is 4. The van der Waals surface area contributed by atoms with Crippen molar-refractivity contribution in [2.24, 2.45) is 0 Å². The summed E-state index contributed by atoms with van der Waals surface area (Å²) in [7, 11) is 3.52. The van der Waals surface area contributed by atoms with Crippen LogP contribution in [0.15, 0.2) is 58.2 Å². The number of methoxy groups -OCH3 is 1. The molecule has 0 spiro atoms. The molecule has 1 heterocycles. The maximum Gasteiger partial charge on any atom is 0.233 e. The van der Waals surface area contributed by atoms with Crippen LogP contribution in [0.2, 0.25) is 0 Å². The van der Waals surface area contributed by atoms with Crippen molar-refractivity contribution in [3.05, 3.63) is 58.6 Å². The lowest BCUT2D eigenvalue weighted by atomic mass is 10.2. The maximum absolute atomic E-state index is 12.6. The van der Waals surface area contributed by atoms with Crippen molar-refractivity contribution in [2.75, 3.05) is 26.5 Å². The molecule has 0 aliphatic rings. The van der Waals surface area contributed by atoms with E-state index in [1.165, 1.54) is 11.8 Å². The Morgan fingerprint density at radius 2 is 1.96 bits per heavy atom. The van der Waals surface area contributed by atoms with Crippen LogP contribution in [0.3, 0.4) is 0 Å². The highest BCUT2D eigenvalue weighted by molar-refractivity contribution is 9.10. The second-order valence-electron chi connectivity index (χ2n) is 6.16. The zero-order valence-electron chi connectivity index (χ0n) is 15.4. The van der Waals surface area contributed by atoms with Gasteiger partial charge in [-0.1, -0.05) is 58.0 Å². The van der Waals surface area contributed by atoms with Gasteiger partial charge in [-0.3, -0.25) is 4.79 Å². The first kappa shape index (κ1) is 19.9. The lowest BCUT2D eigenvalue weighted by Gasteiger charge is -2.18. The molecule has 0 bridgehead atoms. The highest BCUT2D eigenvalue weighted by atomic mass is 79.9. The molecule has 0 aliphatic carbocycles. The standard InChI is InChI=1S/C20H22BrN3O2S/c1-23(13-15-7-3-4-8-16(15)21)19(25)14-27-20-22-17-9-5-6-10-18(17)24(20)11-12-26-2/h3-10H,11-14H2,1-2H3. The zero-order valence-corrected chi connectivity index (χ0v) is 17.8. The lowest BCUT2D eigenvalue weighted by Crippen LogP contribution is -2.28. The molecule has 5 nitrogen and oxygen atoms in total. The van der Waals surface area contributed by atoms with Gasteiger partial charge < -0.3 is 14.2 Å². The molecular formula is C20H22BrN3O2S. The third-order valence-corrected chi connectivity index (χ3v) is 5.99. The summed E-state index contributed by atoms with van der Waals surface area (Å²) in [6, 6.07) is 16.0. The summed E-state index contributed by atoms with van der Waals surface area (Å²) >= 11 is 5.00. The van der Waals surface area contributed by atoms with Crippen LogP contribution in [0.4, 0.5) is 0 Å². The number of ether oxygens (including phenoxy) is 1. The van der Waals surface area contributed by atoms with Gasteiger partial charge in [-0.05, 0) is 23.8 Å². The first-order valence-electron chi connectivity index (χ1n) is 8.64. The average Bonchev–Trinajstić information content (AvgIpc) is 3.03. The smallest absolute Gasteiger partial charge is 0.233 e. The van der Waals surface area contributed by atoms with E-state index in [2.05, 4.69) is 25.5 Å². The Balaban J connectivity index is 1.68. The van der Waals surface area contributed by atoms with E-state index in [0.717, 1.165) is 26.2 Å². The minimum Gasteiger partial charge on any atom is -0.383 e. The van der Waals surface area contributed by atoms with E-state index in [9.17, 15) is 4.79 Å². The monoisotopic (exact) mass is 447 g/mol. The molecule has 1 aromatic heterocycles. The van der Waals surface area contributed by atoms with E-state index >= 15 is 0 Å². The van der Waals surface area contributed by atoms with Crippen molar-refractivity contribution >= 4 is 44.6 Å². The Hall–Kier alpha value is -1.83. The minimum absolute atomic E-state index is 0.0705. The molecule has 27 heavy (non-hydrogen) atoms. The Morgan fingerprint density at radius 1 is 1.22 bits per heavy atom. The molecule has 0 saturated carbocycles. The highest BCUT2D eigenvalue weighted by Crippen LogP contribution is 2.25. The number of nitrogens with zero attached hydrogens (tertiary/aromatic N) is 3. The molecule has 3 aromatic rings. The molecule has 0 N–H and O–H groups in total. The van der Waals surface area contributed by atoms with Crippen molar-refractivity contribution < 1.29 is 9.53 Å². The number of carbonyl (C=O) groups excluding carboxylic acids is 1. The summed E-state index contributed by atoms with van der Waals surface area (Å²) < 4.78 is 8.35. The number of imidazole rings is 1. The van der Waals surface area contributed by atoms with Crippen molar-refractivity contribution in [3.8, 4) is 0 Å². The zero-order chi connectivity index (χ0) is 19.2. The van der Waals surface area contributed by atoms with Crippen LogP contribution in [-0.4, -0.2) is 46.9 Å². The quantitative estimate of drug-likeness (QED) is 0.485. The van der Waals surface area contributed by atoms with Gasteiger partial charge in [0.05, 0.1) is 23.4 Å². The number of benzene rings is 2.